The van der Waals surface area contributed by atoms with Crippen molar-refractivity contribution >= 4 is 17.5 Å². The number of rotatable bonds is 8. The minimum absolute atomic E-state index is 0.239. The molecular formula is C27H36FN5O. The number of nitrogens with zero attached hydrogens (tertiary/aromatic N) is 2. The zero-order valence-electron chi connectivity index (χ0n) is 20.2. The third kappa shape index (κ3) is 8.46. The zero-order valence-corrected chi connectivity index (χ0v) is 20.2. The highest BCUT2D eigenvalue weighted by Gasteiger charge is 2.14. The molecule has 1 fully saturated rings. The predicted molar refractivity (Wildman–Crippen MR) is 139 cm³/mol. The summed E-state index contributed by atoms with van der Waals surface area (Å²) in [4.78, 5) is 20.5. The van der Waals surface area contributed by atoms with Crippen LogP contribution in [0.25, 0.3) is 11.3 Å². The number of hydrogen-bond donors (Lipinski definition) is 3. The van der Waals surface area contributed by atoms with Crippen LogP contribution in [-0.2, 0) is 6.42 Å². The van der Waals surface area contributed by atoms with E-state index in [1.165, 1.54) is 51.5 Å². The topological polar surface area (TPSA) is 107 Å². The largest absolute Gasteiger partial charge is 0.384 e. The summed E-state index contributed by atoms with van der Waals surface area (Å²) in [6.07, 6.45) is 16.1. The van der Waals surface area contributed by atoms with Gasteiger partial charge in [0.25, 0.3) is 5.91 Å². The van der Waals surface area contributed by atoms with Crippen molar-refractivity contribution in [1.82, 2.24) is 9.97 Å². The number of nitrogen functional groups attached to an aromatic ring is 1. The number of hydrogen-bond acceptors (Lipinski definition) is 5. The number of primary amides is 1. The van der Waals surface area contributed by atoms with Crippen LogP contribution in [0.5, 0.6) is 0 Å². The van der Waals surface area contributed by atoms with Crippen LogP contribution >= 0.6 is 0 Å². The Morgan fingerprint density at radius 1 is 1.21 bits per heavy atom. The van der Waals surface area contributed by atoms with E-state index in [1.807, 2.05) is 6.92 Å². The molecule has 0 atom stereocenters. The fourth-order valence-electron chi connectivity index (χ4n) is 3.77. The van der Waals surface area contributed by atoms with E-state index in [0.29, 0.717) is 22.9 Å². The van der Waals surface area contributed by atoms with Gasteiger partial charge < -0.3 is 16.8 Å². The summed E-state index contributed by atoms with van der Waals surface area (Å²) in [7, 11) is 0. The van der Waals surface area contributed by atoms with Crippen LogP contribution in [0.3, 0.4) is 0 Å². The molecule has 0 radical (unpaired) electrons. The maximum Gasteiger partial charge on any atom is 0.252 e. The number of nitrogens with one attached hydrogen (secondary N) is 1. The van der Waals surface area contributed by atoms with Gasteiger partial charge >= 0.3 is 0 Å². The summed E-state index contributed by atoms with van der Waals surface area (Å²) in [6, 6.07) is 5.06. The van der Waals surface area contributed by atoms with E-state index < -0.39 is 5.91 Å². The number of carbonyl (C=O) groups is 1. The lowest BCUT2D eigenvalue weighted by atomic mass is 10.0. The number of aryl methyl sites for hydroxylation is 1. The second-order valence-electron chi connectivity index (χ2n) is 8.26. The summed E-state index contributed by atoms with van der Waals surface area (Å²) in [5.74, 6) is -0.269. The average molecular weight is 466 g/mol. The Balaban J connectivity index is 0.000000589. The molecular weight excluding hydrogens is 429 g/mol. The number of pyridine rings is 2. The van der Waals surface area contributed by atoms with E-state index in [9.17, 15) is 9.18 Å². The molecule has 0 spiro atoms. The summed E-state index contributed by atoms with van der Waals surface area (Å²) in [5.41, 5.74) is 14.6. The zero-order chi connectivity index (χ0) is 24.9. The van der Waals surface area contributed by atoms with Gasteiger partial charge in [-0.25, -0.2) is 14.4 Å². The molecule has 0 unspecified atom stereocenters. The highest BCUT2D eigenvalue weighted by molar-refractivity contribution is 5.98. The molecule has 0 saturated heterocycles. The Labute approximate surface area is 202 Å². The molecule has 0 bridgehead atoms. The summed E-state index contributed by atoms with van der Waals surface area (Å²) in [5, 5.41) is 3.06. The maximum absolute atomic E-state index is 13.3. The molecule has 2 heterocycles. The fraction of sp³-hybridized carbons (Fsp3) is 0.370. The van der Waals surface area contributed by atoms with Crippen molar-refractivity contribution in [2.24, 2.45) is 5.73 Å². The van der Waals surface area contributed by atoms with E-state index in [-0.39, 0.29) is 17.9 Å². The molecule has 1 amide bonds. The maximum atomic E-state index is 13.3. The van der Waals surface area contributed by atoms with E-state index in [0.717, 1.165) is 17.5 Å². The van der Waals surface area contributed by atoms with E-state index in [2.05, 4.69) is 21.9 Å². The second-order valence-corrected chi connectivity index (χ2v) is 8.26. The van der Waals surface area contributed by atoms with Gasteiger partial charge in [-0.2, -0.15) is 0 Å². The first kappa shape index (κ1) is 26.8. The highest BCUT2D eigenvalue weighted by atomic mass is 19.1. The van der Waals surface area contributed by atoms with Crippen molar-refractivity contribution in [2.45, 2.75) is 58.8 Å². The van der Waals surface area contributed by atoms with E-state index in [4.69, 9.17) is 11.5 Å². The predicted octanol–water partition coefficient (Wildman–Crippen LogP) is 6.13. The average Bonchev–Trinajstić information content (AvgIpc) is 2.83. The molecule has 0 aliphatic heterocycles. The van der Waals surface area contributed by atoms with Crippen LogP contribution in [0, 0.1) is 0 Å². The molecule has 34 heavy (non-hydrogen) atoms. The smallest absolute Gasteiger partial charge is 0.252 e. The third-order valence-corrected chi connectivity index (χ3v) is 5.50. The SMILES string of the molecule is C1CCCCC1.C=C/C=C(\C=C(/C)F)CNc1nc(-c2cc(N)ncc2CC)ccc1C(N)=O. The lowest BCUT2D eigenvalue weighted by Crippen LogP contribution is -2.17. The van der Waals surface area contributed by atoms with Crippen molar-refractivity contribution in [1.29, 1.82) is 0 Å². The van der Waals surface area contributed by atoms with Crippen molar-refractivity contribution in [2.75, 3.05) is 17.6 Å². The first-order chi connectivity index (χ1) is 16.3. The number of anilines is 2. The van der Waals surface area contributed by atoms with Crippen LogP contribution in [0.1, 0.15) is 68.3 Å². The molecule has 0 aromatic carbocycles. The van der Waals surface area contributed by atoms with Crippen LogP contribution in [0.15, 0.2) is 60.6 Å². The Kier molecular flexibility index (Phi) is 11.0. The third-order valence-electron chi connectivity index (χ3n) is 5.50. The van der Waals surface area contributed by atoms with Crippen LogP contribution in [0.2, 0.25) is 0 Å². The first-order valence-electron chi connectivity index (χ1n) is 11.8. The van der Waals surface area contributed by atoms with Gasteiger partial charge in [-0.3, -0.25) is 4.79 Å². The summed E-state index contributed by atoms with van der Waals surface area (Å²) < 4.78 is 13.3. The van der Waals surface area contributed by atoms with Gasteiger partial charge in [0, 0.05) is 18.3 Å². The molecule has 3 rings (SSSR count). The number of halogens is 1. The van der Waals surface area contributed by atoms with Gasteiger partial charge in [0.15, 0.2) is 0 Å². The molecule has 1 aliphatic rings. The number of nitrogens with two attached hydrogens (primary N) is 2. The lowest BCUT2D eigenvalue weighted by molar-refractivity contribution is 0.100. The minimum Gasteiger partial charge on any atom is -0.384 e. The van der Waals surface area contributed by atoms with Crippen molar-refractivity contribution < 1.29 is 9.18 Å². The van der Waals surface area contributed by atoms with Crippen molar-refractivity contribution in [3.63, 3.8) is 0 Å². The molecule has 182 valence electrons. The fourth-order valence-corrected chi connectivity index (χ4v) is 3.77. The quantitative estimate of drug-likeness (QED) is 0.407. The molecule has 2 aromatic rings. The standard InChI is InChI=1S/C21H24FN5O.C6H12/c1-4-6-14(9-13(3)22)11-26-21-16(20(24)28)7-8-18(27-21)17-10-19(23)25-12-15(17)5-2;1-2-4-6-5-3-1/h4,6-10,12H,1,5,11H2,2-3H3,(H2,23,25)(H2,24,28)(H,26,27);1-6H2/b13-9+,14-6+;. The molecule has 6 nitrogen and oxygen atoms in total. The molecule has 5 N–H and O–H groups in total. The van der Waals surface area contributed by atoms with Gasteiger partial charge in [-0.15, -0.1) is 0 Å². The van der Waals surface area contributed by atoms with Crippen LogP contribution in [0.4, 0.5) is 16.0 Å². The Bertz CT molecular complexity index is 1030. The van der Waals surface area contributed by atoms with Crippen molar-refractivity contribution in [3.05, 3.63) is 71.7 Å². The minimum atomic E-state index is -0.613. The number of aromatic nitrogens is 2. The number of amides is 1. The Hall–Kier alpha value is -3.48. The lowest BCUT2D eigenvalue weighted by Gasteiger charge is -2.13. The van der Waals surface area contributed by atoms with Crippen molar-refractivity contribution in [3.8, 4) is 11.3 Å². The Morgan fingerprint density at radius 2 is 1.85 bits per heavy atom. The monoisotopic (exact) mass is 465 g/mol. The van der Waals surface area contributed by atoms with Gasteiger partial charge in [-0.1, -0.05) is 64.2 Å². The number of allylic oxidation sites excluding steroid dienone is 3. The van der Waals surface area contributed by atoms with E-state index in [1.54, 1.807) is 36.5 Å². The normalized spacial score (nSPS) is 14.1. The molecule has 1 saturated carbocycles. The molecule has 2 aromatic heterocycles. The summed E-state index contributed by atoms with van der Waals surface area (Å²) >= 11 is 0. The highest BCUT2D eigenvalue weighted by Crippen LogP contribution is 2.26. The van der Waals surface area contributed by atoms with Crippen LogP contribution in [-0.4, -0.2) is 22.4 Å². The van der Waals surface area contributed by atoms with Crippen LogP contribution < -0.4 is 16.8 Å². The number of carbonyl (C=O) groups excluding carboxylic acids is 1. The second kappa shape index (κ2) is 13.9. The van der Waals surface area contributed by atoms with Gasteiger partial charge in [0.1, 0.15) is 11.6 Å². The van der Waals surface area contributed by atoms with Gasteiger partial charge in [0.2, 0.25) is 0 Å². The molecule has 7 heteroatoms. The Morgan fingerprint density at radius 3 is 2.38 bits per heavy atom. The van der Waals surface area contributed by atoms with E-state index >= 15 is 0 Å². The first-order valence-corrected chi connectivity index (χ1v) is 11.8. The molecule has 1 aliphatic carbocycles. The van der Waals surface area contributed by atoms with Gasteiger partial charge in [-0.05, 0) is 48.8 Å². The summed E-state index contributed by atoms with van der Waals surface area (Å²) in [6.45, 7) is 7.22. The van der Waals surface area contributed by atoms with Gasteiger partial charge in [0.05, 0.1) is 17.1 Å².